The van der Waals surface area contributed by atoms with Crippen LogP contribution in [-0.4, -0.2) is 32.1 Å². The number of benzene rings is 2. The van der Waals surface area contributed by atoms with E-state index in [9.17, 15) is 18.3 Å². The lowest BCUT2D eigenvalue weighted by Crippen LogP contribution is -2.37. The number of anilines is 1. The Labute approximate surface area is 173 Å². The Hall–Kier alpha value is -2.38. The predicted molar refractivity (Wildman–Crippen MR) is 116 cm³/mol. The highest BCUT2D eigenvalue weighted by Gasteiger charge is 2.19. The van der Waals surface area contributed by atoms with Crippen LogP contribution in [0.25, 0.3) is 0 Å². The average Bonchev–Trinajstić information content (AvgIpc) is 2.71. The molecule has 29 heavy (non-hydrogen) atoms. The Balaban J connectivity index is 2.21. The van der Waals surface area contributed by atoms with Crippen molar-refractivity contribution in [1.29, 1.82) is 0 Å². The number of hydrogen-bond acceptors (Lipinski definition) is 4. The highest BCUT2D eigenvalue weighted by Crippen LogP contribution is 2.20. The summed E-state index contributed by atoms with van der Waals surface area (Å²) in [5.74, 6) is -0.402. The summed E-state index contributed by atoms with van der Waals surface area (Å²) in [5.41, 5.74) is 2.57. The molecule has 3 N–H and O–H groups in total. The van der Waals surface area contributed by atoms with Crippen molar-refractivity contribution in [3.8, 4) is 0 Å². The number of aliphatic hydroxyl groups excluding tert-OH is 1. The fourth-order valence-electron chi connectivity index (χ4n) is 2.89. The molecule has 1 atom stereocenters. The average molecular weight is 419 g/mol. The summed E-state index contributed by atoms with van der Waals surface area (Å²) in [6.45, 7) is 5.56. The Bertz CT molecular complexity index is 920. The lowest BCUT2D eigenvalue weighted by Gasteiger charge is -2.16. The minimum Gasteiger partial charge on any atom is -0.394 e. The summed E-state index contributed by atoms with van der Waals surface area (Å²) in [6, 6.07) is 11.4. The quantitative estimate of drug-likeness (QED) is 0.549. The lowest BCUT2D eigenvalue weighted by molar-refractivity contribution is 0.0914. The van der Waals surface area contributed by atoms with Crippen molar-refractivity contribution in [3.05, 3.63) is 59.2 Å². The molecular weight excluding hydrogens is 388 g/mol. The van der Waals surface area contributed by atoms with Gasteiger partial charge in [0.2, 0.25) is 0 Å². The van der Waals surface area contributed by atoms with Gasteiger partial charge in [-0.2, -0.15) is 0 Å². The molecule has 0 saturated heterocycles. The summed E-state index contributed by atoms with van der Waals surface area (Å²) >= 11 is 0. The van der Waals surface area contributed by atoms with E-state index in [2.05, 4.69) is 17.0 Å². The van der Waals surface area contributed by atoms with Crippen molar-refractivity contribution < 1.29 is 18.3 Å². The van der Waals surface area contributed by atoms with Gasteiger partial charge in [0.1, 0.15) is 0 Å². The molecule has 1 unspecified atom stereocenters. The number of carbonyl (C=O) groups is 1. The van der Waals surface area contributed by atoms with Crippen LogP contribution in [-0.2, 0) is 16.4 Å². The molecule has 0 radical (unpaired) electrons. The minimum absolute atomic E-state index is 0.0142. The van der Waals surface area contributed by atoms with Crippen LogP contribution in [0.15, 0.2) is 47.4 Å². The smallest absolute Gasteiger partial charge is 0.261 e. The van der Waals surface area contributed by atoms with Gasteiger partial charge in [-0.3, -0.25) is 9.52 Å². The van der Waals surface area contributed by atoms with E-state index in [-0.39, 0.29) is 23.1 Å². The van der Waals surface area contributed by atoms with Gasteiger partial charge in [0.25, 0.3) is 15.9 Å². The molecule has 0 fully saturated rings. The summed E-state index contributed by atoms with van der Waals surface area (Å²) in [6.07, 6.45) is 3.74. The van der Waals surface area contributed by atoms with E-state index < -0.39 is 15.9 Å². The number of nitrogens with one attached hydrogen (secondary N) is 2. The third-order valence-electron chi connectivity index (χ3n) is 4.84. The van der Waals surface area contributed by atoms with Gasteiger partial charge in [-0.1, -0.05) is 38.5 Å². The van der Waals surface area contributed by atoms with Gasteiger partial charge in [0.15, 0.2) is 0 Å². The second-order valence-electron chi connectivity index (χ2n) is 7.14. The van der Waals surface area contributed by atoms with Crippen LogP contribution in [0.1, 0.15) is 54.6 Å². The van der Waals surface area contributed by atoms with E-state index in [1.165, 1.54) is 17.7 Å². The Morgan fingerprint density at radius 2 is 1.79 bits per heavy atom. The van der Waals surface area contributed by atoms with Crippen molar-refractivity contribution >= 4 is 21.6 Å². The Morgan fingerprint density at radius 3 is 2.38 bits per heavy atom. The number of aliphatic hydroxyl groups is 1. The monoisotopic (exact) mass is 418 g/mol. The molecule has 2 rings (SSSR count). The number of rotatable bonds is 10. The zero-order chi connectivity index (χ0) is 21.4. The van der Waals surface area contributed by atoms with Gasteiger partial charge in [-0.15, -0.1) is 0 Å². The molecule has 0 aromatic heterocycles. The molecule has 0 aliphatic heterocycles. The van der Waals surface area contributed by atoms with Crippen LogP contribution in [0.4, 0.5) is 5.69 Å². The summed E-state index contributed by atoms with van der Waals surface area (Å²) < 4.78 is 28.2. The maximum atomic E-state index is 12.8. The fraction of sp³-hybridized carbons (Fsp3) is 0.409. The van der Waals surface area contributed by atoms with Crippen LogP contribution in [0.2, 0.25) is 0 Å². The molecule has 0 bridgehead atoms. The van der Waals surface area contributed by atoms with Crippen molar-refractivity contribution in [2.45, 2.75) is 57.4 Å². The van der Waals surface area contributed by atoms with E-state index >= 15 is 0 Å². The largest absolute Gasteiger partial charge is 0.394 e. The summed E-state index contributed by atoms with van der Waals surface area (Å²) in [4.78, 5) is 12.5. The molecule has 2 aromatic carbocycles. The zero-order valence-electron chi connectivity index (χ0n) is 17.2. The summed E-state index contributed by atoms with van der Waals surface area (Å²) in [7, 11) is -3.83. The second kappa shape index (κ2) is 10.4. The molecule has 0 aliphatic rings. The molecule has 2 aromatic rings. The van der Waals surface area contributed by atoms with Gasteiger partial charge in [-0.05, 0) is 61.6 Å². The maximum Gasteiger partial charge on any atom is 0.261 e. The first-order chi connectivity index (χ1) is 13.8. The third-order valence-corrected chi connectivity index (χ3v) is 6.22. The van der Waals surface area contributed by atoms with E-state index in [0.29, 0.717) is 17.7 Å². The first kappa shape index (κ1) is 22.9. The predicted octanol–water partition coefficient (Wildman–Crippen LogP) is 3.64. The van der Waals surface area contributed by atoms with E-state index in [1.807, 2.05) is 19.1 Å². The number of unbranched alkanes of at least 4 members (excludes halogenated alkanes) is 1. The summed E-state index contributed by atoms with van der Waals surface area (Å²) in [5, 5.41) is 12.0. The molecular formula is C22H30N2O4S. The maximum absolute atomic E-state index is 12.8. The third kappa shape index (κ3) is 6.30. The molecule has 6 nitrogen and oxygen atoms in total. The van der Waals surface area contributed by atoms with Crippen LogP contribution < -0.4 is 10.0 Å². The normalized spacial score (nSPS) is 12.4. The van der Waals surface area contributed by atoms with Gasteiger partial charge in [0.05, 0.1) is 17.5 Å². The van der Waals surface area contributed by atoms with E-state index in [0.717, 1.165) is 19.3 Å². The number of aryl methyl sites for hydroxylation is 2. The standard InChI is InChI=1S/C22H30N2O4S/c1-4-6-7-17-9-11-19(12-10-17)24-29(27,28)20-13-8-16(3)21(14-20)22(26)23-18(5-2)15-25/h8-14,18,24-25H,4-7,15H2,1-3H3,(H,23,26). The topological polar surface area (TPSA) is 95.5 Å². The molecule has 158 valence electrons. The van der Waals surface area contributed by atoms with Gasteiger partial charge < -0.3 is 10.4 Å². The van der Waals surface area contributed by atoms with E-state index in [4.69, 9.17) is 0 Å². The van der Waals surface area contributed by atoms with Crippen LogP contribution >= 0.6 is 0 Å². The van der Waals surface area contributed by atoms with Crippen LogP contribution in [0.5, 0.6) is 0 Å². The molecule has 0 aliphatic carbocycles. The molecule has 0 spiro atoms. The van der Waals surface area contributed by atoms with E-state index in [1.54, 1.807) is 25.1 Å². The Kier molecular flexibility index (Phi) is 8.22. The zero-order valence-corrected chi connectivity index (χ0v) is 18.1. The number of sulfonamides is 1. The van der Waals surface area contributed by atoms with Gasteiger partial charge in [-0.25, -0.2) is 8.42 Å². The SMILES string of the molecule is CCCCc1ccc(NS(=O)(=O)c2ccc(C)c(C(=O)NC(CC)CO)c2)cc1. The molecule has 1 amide bonds. The fourth-order valence-corrected chi connectivity index (χ4v) is 3.97. The van der Waals surface area contributed by atoms with Crippen molar-refractivity contribution in [2.24, 2.45) is 0 Å². The highest BCUT2D eigenvalue weighted by molar-refractivity contribution is 7.92. The minimum atomic E-state index is -3.83. The van der Waals surface area contributed by atoms with Gasteiger partial charge >= 0.3 is 0 Å². The van der Waals surface area contributed by atoms with Crippen molar-refractivity contribution in [2.75, 3.05) is 11.3 Å². The Morgan fingerprint density at radius 1 is 1.10 bits per heavy atom. The second-order valence-corrected chi connectivity index (χ2v) is 8.83. The number of amides is 1. The number of carbonyl (C=O) groups excluding carboxylic acids is 1. The molecule has 0 heterocycles. The molecule has 7 heteroatoms. The van der Waals surface area contributed by atoms with Crippen molar-refractivity contribution in [3.63, 3.8) is 0 Å². The first-order valence-electron chi connectivity index (χ1n) is 9.94. The van der Waals surface area contributed by atoms with Crippen LogP contribution in [0.3, 0.4) is 0 Å². The molecule has 0 saturated carbocycles. The highest BCUT2D eigenvalue weighted by atomic mass is 32.2. The lowest BCUT2D eigenvalue weighted by atomic mass is 10.1. The first-order valence-corrected chi connectivity index (χ1v) is 11.4. The van der Waals surface area contributed by atoms with Crippen molar-refractivity contribution in [1.82, 2.24) is 5.32 Å². The number of hydrogen-bond donors (Lipinski definition) is 3. The van der Waals surface area contributed by atoms with Crippen LogP contribution in [0, 0.1) is 6.92 Å². The van der Waals surface area contributed by atoms with Gasteiger partial charge in [0, 0.05) is 11.3 Å².